The molecule has 18 heavy (non-hydrogen) atoms. The highest BCUT2D eigenvalue weighted by molar-refractivity contribution is 4.94. The van der Waals surface area contributed by atoms with Crippen LogP contribution in [0.2, 0.25) is 0 Å². The van der Waals surface area contributed by atoms with Crippen LogP contribution in [0, 0.1) is 11.8 Å². The van der Waals surface area contributed by atoms with Crippen molar-refractivity contribution in [1.82, 2.24) is 10.2 Å². The van der Waals surface area contributed by atoms with Crippen LogP contribution >= 0.6 is 0 Å². The summed E-state index contributed by atoms with van der Waals surface area (Å²) in [5.74, 6) is 1.68. The molecule has 0 bridgehead atoms. The third-order valence-corrected chi connectivity index (χ3v) is 4.49. The van der Waals surface area contributed by atoms with Crippen molar-refractivity contribution in [1.29, 1.82) is 0 Å². The average molecular weight is 254 g/mol. The molecule has 0 aliphatic heterocycles. The third kappa shape index (κ3) is 3.96. The molecule has 0 spiro atoms. The number of hydrogen-bond donors (Lipinski definition) is 1. The van der Waals surface area contributed by atoms with Crippen LogP contribution in [0.5, 0.6) is 0 Å². The maximum Gasteiger partial charge on any atom is 0.0277 e. The van der Waals surface area contributed by atoms with E-state index in [9.17, 15) is 0 Å². The van der Waals surface area contributed by atoms with Gasteiger partial charge in [0, 0.05) is 18.1 Å². The molecule has 108 valence electrons. The van der Waals surface area contributed by atoms with Crippen LogP contribution in [0.1, 0.15) is 60.8 Å². The van der Waals surface area contributed by atoms with Crippen LogP contribution in [-0.2, 0) is 0 Å². The molecule has 2 nitrogen and oxygen atoms in total. The smallest absolute Gasteiger partial charge is 0.0277 e. The van der Waals surface area contributed by atoms with E-state index in [1.165, 1.54) is 25.8 Å². The molecule has 1 saturated carbocycles. The van der Waals surface area contributed by atoms with Crippen molar-refractivity contribution >= 4 is 0 Å². The summed E-state index contributed by atoms with van der Waals surface area (Å²) in [5, 5.41) is 3.81. The first kappa shape index (κ1) is 16.0. The summed E-state index contributed by atoms with van der Waals surface area (Å²) in [5.41, 5.74) is 0. The number of rotatable bonds is 6. The standard InChI is InChI=1S/C16H34N2/c1-7-9-17-15-11-13(5)10-14(6)16(15)18(8-2)12(3)4/h12-17H,7-11H2,1-6H3. The van der Waals surface area contributed by atoms with E-state index in [1.54, 1.807) is 0 Å². The van der Waals surface area contributed by atoms with Crippen molar-refractivity contribution in [3.8, 4) is 0 Å². The van der Waals surface area contributed by atoms with Crippen molar-refractivity contribution < 1.29 is 0 Å². The lowest BCUT2D eigenvalue weighted by atomic mass is 9.75. The van der Waals surface area contributed by atoms with E-state index in [1.807, 2.05) is 0 Å². The fourth-order valence-corrected chi connectivity index (χ4v) is 3.85. The van der Waals surface area contributed by atoms with E-state index < -0.39 is 0 Å². The predicted molar refractivity (Wildman–Crippen MR) is 80.9 cm³/mol. The minimum Gasteiger partial charge on any atom is -0.312 e. The molecule has 0 saturated heterocycles. The van der Waals surface area contributed by atoms with E-state index in [4.69, 9.17) is 0 Å². The Morgan fingerprint density at radius 2 is 1.83 bits per heavy atom. The summed E-state index contributed by atoms with van der Waals surface area (Å²) in [6, 6.07) is 2.06. The van der Waals surface area contributed by atoms with Gasteiger partial charge in [-0.2, -0.15) is 0 Å². The molecule has 0 amide bonds. The lowest BCUT2D eigenvalue weighted by Crippen LogP contribution is -2.58. The molecular formula is C16H34N2. The Bertz CT molecular complexity index is 227. The molecule has 1 aliphatic carbocycles. The van der Waals surface area contributed by atoms with Crippen LogP contribution in [-0.4, -0.2) is 36.1 Å². The minimum atomic E-state index is 0.654. The van der Waals surface area contributed by atoms with Gasteiger partial charge in [-0.15, -0.1) is 0 Å². The average Bonchev–Trinajstić information content (AvgIpc) is 2.29. The monoisotopic (exact) mass is 254 g/mol. The van der Waals surface area contributed by atoms with Crippen LogP contribution in [0.3, 0.4) is 0 Å². The van der Waals surface area contributed by atoms with Gasteiger partial charge in [0.25, 0.3) is 0 Å². The molecule has 4 unspecified atom stereocenters. The molecule has 0 aromatic carbocycles. The van der Waals surface area contributed by atoms with Crippen LogP contribution in [0.25, 0.3) is 0 Å². The van der Waals surface area contributed by atoms with Crippen molar-refractivity contribution in [2.45, 2.75) is 78.9 Å². The topological polar surface area (TPSA) is 15.3 Å². The molecule has 0 aromatic rings. The number of nitrogens with one attached hydrogen (secondary N) is 1. The molecule has 1 aliphatic rings. The molecule has 0 aromatic heterocycles. The molecule has 0 radical (unpaired) electrons. The first-order valence-corrected chi connectivity index (χ1v) is 8.00. The third-order valence-electron chi connectivity index (χ3n) is 4.49. The highest BCUT2D eigenvalue weighted by Gasteiger charge is 2.37. The van der Waals surface area contributed by atoms with Crippen LogP contribution < -0.4 is 5.32 Å². The maximum absolute atomic E-state index is 3.81. The Labute approximate surface area is 115 Å². The van der Waals surface area contributed by atoms with Crippen molar-refractivity contribution in [2.75, 3.05) is 13.1 Å². The van der Waals surface area contributed by atoms with Gasteiger partial charge in [-0.25, -0.2) is 0 Å². The second kappa shape index (κ2) is 7.49. The van der Waals surface area contributed by atoms with Gasteiger partial charge in [-0.3, -0.25) is 4.90 Å². The zero-order chi connectivity index (χ0) is 13.7. The molecule has 0 heterocycles. The number of hydrogen-bond acceptors (Lipinski definition) is 2. The summed E-state index contributed by atoms with van der Waals surface area (Å²) in [4.78, 5) is 2.70. The van der Waals surface area contributed by atoms with Gasteiger partial charge in [0.1, 0.15) is 0 Å². The quantitative estimate of drug-likeness (QED) is 0.780. The maximum atomic E-state index is 3.81. The van der Waals surface area contributed by atoms with Gasteiger partial charge in [-0.05, 0) is 58.0 Å². The van der Waals surface area contributed by atoms with E-state index >= 15 is 0 Å². The van der Waals surface area contributed by atoms with E-state index in [0.717, 1.165) is 24.4 Å². The molecule has 2 heteroatoms. The Kier molecular flexibility index (Phi) is 6.65. The van der Waals surface area contributed by atoms with Crippen LogP contribution in [0.15, 0.2) is 0 Å². The summed E-state index contributed by atoms with van der Waals surface area (Å²) >= 11 is 0. The SMILES string of the molecule is CCCNC1CC(C)CC(C)C1N(CC)C(C)C. The number of nitrogens with zero attached hydrogens (tertiary/aromatic N) is 1. The van der Waals surface area contributed by atoms with Crippen molar-refractivity contribution in [3.63, 3.8) is 0 Å². The van der Waals surface area contributed by atoms with Crippen molar-refractivity contribution in [3.05, 3.63) is 0 Å². The van der Waals surface area contributed by atoms with Gasteiger partial charge in [0.15, 0.2) is 0 Å². The van der Waals surface area contributed by atoms with Gasteiger partial charge in [0.2, 0.25) is 0 Å². The fourth-order valence-electron chi connectivity index (χ4n) is 3.85. The normalized spacial score (nSPS) is 33.3. The molecular weight excluding hydrogens is 220 g/mol. The Balaban J connectivity index is 2.78. The lowest BCUT2D eigenvalue weighted by molar-refractivity contribution is 0.0438. The highest BCUT2D eigenvalue weighted by atomic mass is 15.2. The Morgan fingerprint density at radius 3 is 2.33 bits per heavy atom. The van der Waals surface area contributed by atoms with Gasteiger partial charge >= 0.3 is 0 Å². The zero-order valence-electron chi connectivity index (χ0n) is 13.4. The second-order valence-corrected chi connectivity index (χ2v) is 6.53. The molecule has 4 atom stereocenters. The van der Waals surface area contributed by atoms with Gasteiger partial charge in [-0.1, -0.05) is 27.7 Å². The minimum absolute atomic E-state index is 0.654. The van der Waals surface area contributed by atoms with Gasteiger partial charge in [0.05, 0.1) is 0 Å². The molecule has 1 fully saturated rings. The van der Waals surface area contributed by atoms with E-state index in [2.05, 4.69) is 51.8 Å². The summed E-state index contributed by atoms with van der Waals surface area (Å²) in [6.07, 6.45) is 3.97. The van der Waals surface area contributed by atoms with E-state index in [-0.39, 0.29) is 0 Å². The summed E-state index contributed by atoms with van der Waals surface area (Å²) in [7, 11) is 0. The van der Waals surface area contributed by atoms with Gasteiger partial charge < -0.3 is 5.32 Å². The Morgan fingerprint density at radius 1 is 1.17 bits per heavy atom. The summed E-state index contributed by atoms with van der Waals surface area (Å²) in [6.45, 7) is 16.4. The fraction of sp³-hybridized carbons (Fsp3) is 1.00. The van der Waals surface area contributed by atoms with E-state index in [0.29, 0.717) is 12.1 Å². The van der Waals surface area contributed by atoms with Crippen LogP contribution in [0.4, 0.5) is 0 Å². The summed E-state index contributed by atoms with van der Waals surface area (Å²) < 4.78 is 0. The second-order valence-electron chi connectivity index (χ2n) is 6.53. The zero-order valence-corrected chi connectivity index (χ0v) is 13.4. The first-order chi connectivity index (χ1) is 8.51. The molecule has 1 N–H and O–H groups in total. The highest BCUT2D eigenvalue weighted by Crippen LogP contribution is 2.33. The van der Waals surface area contributed by atoms with Crippen molar-refractivity contribution in [2.24, 2.45) is 11.8 Å². The lowest BCUT2D eigenvalue weighted by Gasteiger charge is -2.47. The Hall–Kier alpha value is -0.0800. The first-order valence-electron chi connectivity index (χ1n) is 8.00. The largest absolute Gasteiger partial charge is 0.312 e. The molecule has 1 rings (SSSR count). The predicted octanol–water partition coefficient (Wildman–Crippen LogP) is 3.52. The number of likely N-dealkylation sites (N-methyl/N-ethyl adjacent to an activating group) is 1.